The fourth-order valence-electron chi connectivity index (χ4n) is 2.55. The zero-order chi connectivity index (χ0) is 21.7. The van der Waals surface area contributed by atoms with Crippen molar-refractivity contribution < 1.29 is 23.5 Å². The van der Waals surface area contributed by atoms with Gasteiger partial charge >= 0.3 is 5.97 Å². The number of carbonyl (C=O) groups is 3. The van der Waals surface area contributed by atoms with Gasteiger partial charge in [-0.2, -0.15) is 0 Å². The van der Waals surface area contributed by atoms with E-state index in [0.29, 0.717) is 11.4 Å². The molecule has 0 saturated heterocycles. The Labute approximate surface area is 175 Å². The highest BCUT2D eigenvalue weighted by Gasteiger charge is 2.22. The van der Waals surface area contributed by atoms with Crippen LogP contribution in [0, 0.1) is 5.82 Å². The lowest BCUT2D eigenvalue weighted by atomic mass is 10.1. The maximum Gasteiger partial charge on any atom is 0.341 e. The number of primary amides is 1. The number of hydrogen-bond donors (Lipinski definition) is 3. The van der Waals surface area contributed by atoms with Crippen LogP contribution in [0.3, 0.4) is 0 Å². The molecule has 1 aromatic heterocycles. The van der Waals surface area contributed by atoms with E-state index in [4.69, 9.17) is 10.5 Å². The molecule has 0 aliphatic heterocycles. The number of nitrogens with one attached hydrogen (secondary N) is 2. The average molecular weight is 427 g/mol. The maximum atomic E-state index is 13.1. The summed E-state index contributed by atoms with van der Waals surface area (Å²) in [5.41, 5.74) is 6.67. The van der Waals surface area contributed by atoms with Crippen molar-refractivity contribution in [1.29, 1.82) is 0 Å². The first-order valence-electron chi connectivity index (χ1n) is 8.86. The monoisotopic (exact) mass is 427 g/mol. The highest BCUT2D eigenvalue weighted by Crippen LogP contribution is 2.24. The topological polar surface area (TPSA) is 111 Å². The number of carbonyl (C=O) groups excluding carboxylic acids is 3. The Hall–Kier alpha value is -3.72. The van der Waals surface area contributed by atoms with Crippen molar-refractivity contribution >= 4 is 45.5 Å². The highest BCUT2D eigenvalue weighted by molar-refractivity contribution is 7.14. The standard InChI is InChI=1S/C21H18FN3O4S/c1-12(19(27)25-20-16(18(23)26)10-11-30-20)29-21(28)15-4-2-3-5-17(15)24-14-8-6-13(22)7-9-14/h2-12,24H,1H3,(H2,23,26)(H,25,27). The molecule has 2 aromatic carbocycles. The Bertz CT molecular complexity index is 1080. The van der Waals surface area contributed by atoms with Gasteiger partial charge in [0.1, 0.15) is 10.8 Å². The summed E-state index contributed by atoms with van der Waals surface area (Å²) in [6.45, 7) is 1.42. The molecule has 1 unspecified atom stereocenters. The van der Waals surface area contributed by atoms with E-state index in [1.165, 1.54) is 37.3 Å². The van der Waals surface area contributed by atoms with Crippen molar-refractivity contribution in [3.8, 4) is 0 Å². The molecule has 3 aromatic rings. The van der Waals surface area contributed by atoms with Gasteiger partial charge in [-0.25, -0.2) is 9.18 Å². The van der Waals surface area contributed by atoms with Crippen LogP contribution in [-0.2, 0) is 9.53 Å². The van der Waals surface area contributed by atoms with E-state index >= 15 is 0 Å². The number of amides is 2. The van der Waals surface area contributed by atoms with Crippen molar-refractivity contribution in [3.05, 3.63) is 76.9 Å². The van der Waals surface area contributed by atoms with Crippen LogP contribution in [-0.4, -0.2) is 23.9 Å². The molecule has 0 radical (unpaired) electrons. The largest absolute Gasteiger partial charge is 0.449 e. The van der Waals surface area contributed by atoms with Gasteiger partial charge in [-0.3, -0.25) is 9.59 Å². The molecule has 0 bridgehead atoms. The van der Waals surface area contributed by atoms with Gasteiger partial charge < -0.3 is 21.1 Å². The number of nitrogens with two attached hydrogens (primary N) is 1. The van der Waals surface area contributed by atoms with Crippen molar-refractivity contribution in [3.63, 3.8) is 0 Å². The van der Waals surface area contributed by atoms with E-state index in [2.05, 4.69) is 10.6 Å². The molecular weight excluding hydrogens is 409 g/mol. The van der Waals surface area contributed by atoms with Crippen molar-refractivity contribution in [1.82, 2.24) is 0 Å². The van der Waals surface area contributed by atoms with Gasteiger partial charge in [-0.15, -0.1) is 11.3 Å². The predicted octanol–water partition coefficient (Wildman–Crippen LogP) is 3.91. The van der Waals surface area contributed by atoms with E-state index in [1.807, 2.05) is 0 Å². The second-order valence-electron chi connectivity index (χ2n) is 6.24. The minimum Gasteiger partial charge on any atom is -0.449 e. The number of rotatable bonds is 7. The number of anilines is 3. The number of para-hydroxylation sites is 1. The van der Waals surface area contributed by atoms with Crippen LogP contribution in [0.2, 0.25) is 0 Å². The van der Waals surface area contributed by atoms with Crippen molar-refractivity contribution in [2.24, 2.45) is 5.73 Å². The second kappa shape index (κ2) is 9.19. The Kier molecular flexibility index (Phi) is 6.43. The second-order valence-corrected chi connectivity index (χ2v) is 7.16. The lowest BCUT2D eigenvalue weighted by molar-refractivity contribution is -0.123. The van der Waals surface area contributed by atoms with Gasteiger partial charge in [0.2, 0.25) is 0 Å². The van der Waals surface area contributed by atoms with Gasteiger partial charge in [0, 0.05) is 5.69 Å². The van der Waals surface area contributed by atoms with E-state index in [0.717, 1.165) is 11.3 Å². The molecule has 154 valence electrons. The number of thiophene rings is 1. The molecule has 2 amide bonds. The summed E-state index contributed by atoms with van der Waals surface area (Å²) in [4.78, 5) is 36.4. The maximum absolute atomic E-state index is 13.1. The molecule has 0 aliphatic carbocycles. The number of halogens is 1. The van der Waals surface area contributed by atoms with Crippen LogP contribution in [0.5, 0.6) is 0 Å². The number of esters is 1. The van der Waals surface area contributed by atoms with Crippen LogP contribution in [0.4, 0.5) is 20.8 Å². The zero-order valence-electron chi connectivity index (χ0n) is 15.8. The predicted molar refractivity (Wildman–Crippen MR) is 112 cm³/mol. The normalized spacial score (nSPS) is 11.4. The molecule has 30 heavy (non-hydrogen) atoms. The third-order valence-electron chi connectivity index (χ3n) is 4.09. The van der Waals surface area contributed by atoms with Gasteiger partial charge in [0.05, 0.1) is 16.8 Å². The van der Waals surface area contributed by atoms with Gasteiger partial charge in [-0.05, 0) is 54.8 Å². The smallest absolute Gasteiger partial charge is 0.341 e. The van der Waals surface area contributed by atoms with Gasteiger partial charge in [-0.1, -0.05) is 12.1 Å². The summed E-state index contributed by atoms with van der Waals surface area (Å²) in [5, 5.41) is 7.46. The molecule has 1 heterocycles. The van der Waals surface area contributed by atoms with Crippen LogP contribution in [0.1, 0.15) is 27.6 Å². The quantitative estimate of drug-likeness (QED) is 0.495. The molecule has 1 atom stereocenters. The van der Waals surface area contributed by atoms with E-state index < -0.39 is 23.9 Å². The molecule has 0 aliphatic rings. The summed E-state index contributed by atoms with van der Waals surface area (Å²) < 4.78 is 18.4. The molecule has 7 nitrogen and oxygen atoms in total. The first kappa shape index (κ1) is 21.0. The van der Waals surface area contributed by atoms with Gasteiger partial charge in [0.25, 0.3) is 11.8 Å². The van der Waals surface area contributed by atoms with Crippen LogP contribution >= 0.6 is 11.3 Å². The van der Waals surface area contributed by atoms with Crippen molar-refractivity contribution in [2.75, 3.05) is 10.6 Å². The lowest BCUT2D eigenvalue weighted by Gasteiger charge is -2.15. The summed E-state index contributed by atoms with van der Waals surface area (Å²) in [7, 11) is 0. The molecule has 4 N–H and O–H groups in total. The summed E-state index contributed by atoms with van der Waals surface area (Å²) >= 11 is 1.13. The SMILES string of the molecule is CC(OC(=O)c1ccccc1Nc1ccc(F)cc1)C(=O)Nc1sccc1C(N)=O. The Morgan fingerprint density at radius 3 is 2.43 bits per heavy atom. The number of ether oxygens (including phenoxy) is 1. The van der Waals surface area contributed by atoms with Gasteiger partial charge in [0.15, 0.2) is 6.10 Å². The van der Waals surface area contributed by atoms with Crippen LogP contribution in [0.15, 0.2) is 60.0 Å². The van der Waals surface area contributed by atoms with E-state index in [-0.39, 0.29) is 21.9 Å². The molecule has 9 heteroatoms. The zero-order valence-corrected chi connectivity index (χ0v) is 16.7. The summed E-state index contributed by atoms with van der Waals surface area (Å²) in [5.74, 6) is -2.36. The fraction of sp³-hybridized carbons (Fsp3) is 0.0952. The molecule has 3 rings (SSSR count). The molecular formula is C21H18FN3O4S. The third-order valence-corrected chi connectivity index (χ3v) is 4.92. The fourth-order valence-corrected chi connectivity index (χ4v) is 3.35. The number of benzene rings is 2. The third kappa shape index (κ3) is 5.00. The first-order valence-corrected chi connectivity index (χ1v) is 9.74. The van der Waals surface area contributed by atoms with Crippen molar-refractivity contribution in [2.45, 2.75) is 13.0 Å². The Morgan fingerprint density at radius 2 is 1.73 bits per heavy atom. The summed E-state index contributed by atoms with van der Waals surface area (Å²) in [6.07, 6.45) is -1.13. The Morgan fingerprint density at radius 1 is 1.03 bits per heavy atom. The van der Waals surface area contributed by atoms with Crippen LogP contribution in [0.25, 0.3) is 0 Å². The van der Waals surface area contributed by atoms with Crippen LogP contribution < -0.4 is 16.4 Å². The highest BCUT2D eigenvalue weighted by atomic mass is 32.1. The number of hydrogen-bond acceptors (Lipinski definition) is 6. The molecule has 0 fully saturated rings. The molecule has 0 spiro atoms. The van der Waals surface area contributed by atoms with E-state index in [9.17, 15) is 18.8 Å². The lowest BCUT2D eigenvalue weighted by Crippen LogP contribution is -2.30. The average Bonchev–Trinajstić information content (AvgIpc) is 3.18. The summed E-state index contributed by atoms with van der Waals surface area (Å²) in [6, 6.07) is 13.7. The minimum atomic E-state index is -1.13. The Balaban J connectivity index is 1.69. The first-order chi connectivity index (χ1) is 14.3. The minimum absolute atomic E-state index is 0.181. The van der Waals surface area contributed by atoms with E-state index in [1.54, 1.807) is 29.6 Å². The molecule has 0 saturated carbocycles.